The number of nitrogens with two attached hydrogens (primary N) is 1. The van der Waals surface area contributed by atoms with E-state index in [1.165, 1.54) is 36.5 Å². The van der Waals surface area contributed by atoms with Crippen molar-refractivity contribution in [2.45, 2.75) is 25.8 Å². The lowest BCUT2D eigenvalue weighted by atomic mass is 9.90. The summed E-state index contributed by atoms with van der Waals surface area (Å²) in [5, 5.41) is 2.46. The quantitative estimate of drug-likeness (QED) is 0.501. The fourth-order valence-corrected chi connectivity index (χ4v) is 4.25. The highest BCUT2D eigenvalue weighted by Crippen LogP contribution is 2.33. The standard InChI is InChI=1S/C21H26N6O6S/c1-12-4-6-16(13-5-7-17(23-9-13)26-34(3,31)32)27(11-12)21(30)19(29)25-14-8-15(18(22)28)20(33-2)24-10-14/h5,7-10,12,16H,4,6,11H2,1-3H3,(H2,22,28)(H,23,26)(H,25,29)/t12-,16+/m0/s1. The third-order valence-electron chi connectivity index (χ3n) is 5.30. The molecule has 0 aliphatic carbocycles. The average molecular weight is 491 g/mol. The van der Waals surface area contributed by atoms with Gasteiger partial charge in [-0.25, -0.2) is 18.4 Å². The van der Waals surface area contributed by atoms with Crippen LogP contribution in [-0.4, -0.2) is 60.9 Å². The molecule has 3 rings (SSSR count). The molecular formula is C21H26N6O6S. The molecule has 3 heterocycles. The molecule has 0 radical (unpaired) electrons. The Morgan fingerprint density at radius 2 is 1.91 bits per heavy atom. The number of rotatable bonds is 6. The molecule has 3 amide bonds. The van der Waals surface area contributed by atoms with Gasteiger partial charge in [0, 0.05) is 12.7 Å². The highest BCUT2D eigenvalue weighted by Gasteiger charge is 2.34. The molecule has 182 valence electrons. The van der Waals surface area contributed by atoms with E-state index >= 15 is 0 Å². The molecule has 2 aromatic heterocycles. The fraction of sp³-hybridized carbons (Fsp3) is 0.381. The topological polar surface area (TPSA) is 174 Å². The van der Waals surface area contributed by atoms with Crippen LogP contribution in [-0.2, 0) is 19.6 Å². The molecule has 1 aliphatic heterocycles. The number of ether oxygens (including phenoxy) is 1. The first-order chi connectivity index (χ1) is 16.0. The first kappa shape index (κ1) is 24.9. The molecule has 0 unspecified atom stereocenters. The minimum absolute atomic E-state index is 0.00283. The fourth-order valence-electron chi connectivity index (χ4n) is 3.75. The number of hydrogen-bond acceptors (Lipinski definition) is 8. The Morgan fingerprint density at radius 1 is 1.18 bits per heavy atom. The summed E-state index contributed by atoms with van der Waals surface area (Å²) in [7, 11) is -2.15. The van der Waals surface area contributed by atoms with E-state index in [9.17, 15) is 22.8 Å². The Bertz CT molecular complexity index is 1200. The van der Waals surface area contributed by atoms with Gasteiger partial charge in [0.15, 0.2) is 0 Å². The van der Waals surface area contributed by atoms with Crippen LogP contribution in [0.25, 0.3) is 0 Å². The minimum Gasteiger partial charge on any atom is -0.480 e. The number of carbonyl (C=O) groups excluding carboxylic acids is 3. The lowest BCUT2D eigenvalue weighted by molar-refractivity contribution is -0.146. The Hall–Kier alpha value is -3.74. The minimum atomic E-state index is -3.47. The Kier molecular flexibility index (Phi) is 7.35. The summed E-state index contributed by atoms with van der Waals surface area (Å²) in [6.07, 6.45) is 5.21. The number of anilines is 2. The number of amides is 3. The summed E-state index contributed by atoms with van der Waals surface area (Å²) >= 11 is 0. The summed E-state index contributed by atoms with van der Waals surface area (Å²) in [4.78, 5) is 47.0. The summed E-state index contributed by atoms with van der Waals surface area (Å²) in [5.41, 5.74) is 6.08. The SMILES string of the molecule is COc1ncc(NC(=O)C(=O)N2C[C@@H](C)CC[C@@H]2c2ccc(NS(C)(=O)=O)nc2)cc1C(N)=O. The van der Waals surface area contributed by atoms with Gasteiger partial charge in [0.1, 0.15) is 11.4 Å². The van der Waals surface area contributed by atoms with Gasteiger partial charge in [0.05, 0.1) is 31.3 Å². The number of likely N-dealkylation sites (tertiary alicyclic amines) is 1. The number of sulfonamides is 1. The van der Waals surface area contributed by atoms with E-state index in [0.717, 1.165) is 12.7 Å². The normalized spacial score (nSPS) is 18.1. The van der Waals surface area contributed by atoms with E-state index in [1.54, 1.807) is 6.07 Å². The third-order valence-corrected chi connectivity index (χ3v) is 5.88. The molecule has 1 aliphatic rings. The van der Waals surface area contributed by atoms with Crippen molar-refractivity contribution in [3.63, 3.8) is 0 Å². The lowest BCUT2D eigenvalue weighted by Gasteiger charge is -2.38. The van der Waals surface area contributed by atoms with Gasteiger partial charge in [-0.2, -0.15) is 0 Å². The van der Waals surface area contributed by atoms with Crippen LogP contribution < -0.4 is 20.5 Å². The molecule has 2 aromatic rings. The lowest BCUT2D eigenvalue weighted by Crippen LogP contribution is -2.46. The zero-order valence-corrected chi connectivity index (χ0v) is 19.8. The highest BCUT2D eigenvalue weighted by atomic mass is 32.2. The molecule has 0 bridgehead atoms. The van der Waals surface area contributed by atoms with Crippen molar-refractivity contribution in [3.05, 3.63) is 41.7 Å². The van der Waals surface area contributed by atoms with Crippen LogP contribution in [0.5, 0.6) is 5.88 Å². The molecule has 0 spiro atoms. The van der Waals surface area contributed by atoms with E-state index in [2.05, 4.69) is 20.0 Å². The van der Waals surface area contributed by atoms with E-state index < -0.39 is 33.8 Å². The van der Waals surface area contributed by atoms with Gasteiger partial charge in [-0.3, -0.25) is 19.1 Å². The largest absolute Gasteiger partial charge is 0.480 e. The predicted octanol–water partition coefficient (Wildman–Crippen LogP) is 0.894. The van der Waals surface area contributed by atoms with E-state index in [0.29, 0.717) is 18.5 Å². The maximum absolute atomic E-state index is 13.1. The van der Waals surface area contributed by atoms with Crippen LogP contribution in [0.4, 0.5) is 11.5 Å². The van der Waals surface area contributed by atoms with Crippen molar-refractivity contribution in [3.8, 4) is 5.88 Å². The van der Waals surface area contributed by atoms with Crippen molar-refractivity contribution in [2.24, 2.45) is 11.7 Å². The zero-order valence-electron chi connectivity index (χ0n) is 18.9. The van der Waals surface area contributed by atoms with E-state index in [4.69, 9.17) is 10.5 Å². The first-order valence-corrected chi connectivity index (χ1v) is 12.3. The Morgan fingerprint density at radius 3 is 2.50 bits per heavy atom. The molecule has 4 N–H and O–H groups in total. The molecule has 13 heteroatoms. The number of nitrogens with zero attached hydrogens (tertiary/aromatic N) is 3. The van der Waals surface area contributed by atoms with E-state index in [1.807, 2.05) is 6.92 Å². The van der Waals surface area contributed by atoms with Gasteiger partial charge < -0.3 is 20.7 Å². The number of nitrogens with one attached hydrogen (secondary N) is 2. The number of primary amides is 1. The van der Waals surface area contributed by atoms with Crippen LogP contribution in [0.15, 0.2) is 30.6 Å². The van der Waals surface area contributed by atoms with Crippen molar-refractivity contribution < 1.29 is 27.5 Å². The molecule has 1 fully saturated rings. The number of carbonyl (C=O) groups is 3. The molecule has 2 atom stereocenters. The number of hydrogen-bond donors (Lipinski definition) is 3. The summed E-state index contributed by atoms with van der Waals surface area (Å²) in [6.45, 7) is 2.34. The third kappa shape index (κ3) is 5.98. The van der Waals surface area contributed by atoms with Crippen LogP contribution in [0.1, 0.15) is 41.7 Å². The maximum Gasteiger partial charge on any atom is 0.313 e. The zero-order chi connectivity index (χ0) is 25.0. The van der Waals surface area contributed by atoms with Crippen LogP contribution in [0.2, 0.25) is 0 Å². The van der Waals surface area contributed by atoms with Crippen LogP contribution >= 0.6 is 0 Å². The molecule has 34 heavy (non-hydrogen) atoms. The molecule has 0 saturated carbocycles. The first-order valence-electron chi connectivity index (χ1n) is 10.4. The average Bonchev–Trinajstić information content (AvgIpc) is 2.78. The number of pyridine rings is 2. The number of aromatic nitrogens is 2. The van der Waals surface area contributed by atoms with Crippen LogP contribution in [0.3, 0.4) is 0 Å². The monoisotopic (exact) mass is 490 g/mol. The summed E-state index contributed by atoms with van der Waals surface area (Å²) < 4.78 is 30.1. The van der Waals surface area contributed by atoms with Crippen LogP contribution in [0, 0.1) is 5.92 Å². The summed E-state index contributed by atoms with van der Waals surface area (Å²) in [6, 6.07) is 4.05. The Labute approximate surface area is 196 Å². The predicted molar refractivity (Wildman–Crippen MR) is 123 cm³/mol. The van der Waals surface area contributed by atoms with Gasteiger partial charge in [0.2, 0.25) is 15.9 Å². The summed E-state index contributed by atoms with van der Waals surface area (Å²) in [5.74, 6) is -2.11. The molecule has 12 nitrogen and oxygen atoms in total. The maximum atomic E-state index is 13.1. The molecule has 0 aromatic carbocycles. The second-order valence-corrected chi connectivity index (χ2v) is 9.85. The second-order valence-electron chi connectivity index (χ2n) is 8.11. The van der Waals surface area contributed by atoms with Gasteiger partial charge in [0.25, 0.3) is 5.91 Å². The van der Waals surface area contributed by atoms with Crippen molar-refractivity contribution in [1.82, 2.24) is 14.9 Å². The van der Waals surface area contributed by atoms with Crippen molar-refractivity contribution >= 4 is 39.3 Å². The smallest absolute Gasteiger partial charge is 0.313 e. The molecule has 1 saturated heterocycles. The number of piperidine rings is 1. The van der Waals surface area contributed by atoms with E-state index in [-0.39, 0.29) is 28.9 Å². The van der Waals surface area contributed by atoms with Crippen molar-refractivity contribution in [1.29, 1.82) is 0 Å². The highest BCUT2D eigenvalue weighted by molar-refractivity contribution is 7.92. The van der Waals surface area contributed by atoms with Crippen molar-refractivity contribution in [2.75, 3.05) is 29.9 Å². The van der Waals surface area contributed by atoms with Gasteiger partial charge >= 0.3 is 11.8 Å². The number of methoxy groups -OCH3 is 1. The van der Waals surface area contributed by atoms with Gasteiger partial charge in [-0.05, 0) is 36.5 Å². The Balaban J connectivity index is 1.80. The second kappa shape index (κ2) is 10.0. The van der Waals surface area contributed by atoms with Gasteiger partial charge in [-0.1, -0.05) is 13.0 Å². The molecular weight excluding hydrogens is 464 g/mol. The van der Waals surface area contributed by atoms with Gasteiger partial charge in [-0.15, -0.1) is 0 Å².